The van der Waals surface area contributed by atoms with Crippen molar-refractivity contribution in [2.45, 2.75) is 25.2 Å². The largest absolute Gasteiger partial charge is 0.417 e. The van der Waals surface area contributed by atoms with E-state index in [4.69, 9.17) is 34.8 Å². The third-order valence-corrected chi connectivity index (χ3v) is 8.31. The fraction of sp³-hybridized carbons (Fsp3) is 0.259. The fourth-order valence-corrected chi connectivity index (χ4v) is 5.66. The van der Waals surface area contributed by atoms with Crippen molar-refractivity contribution in [2.24, 2.45) is 0 Å². The quantitative estimate of drug-likeness (QED) is 0.300. The molecule has 7 nitrogen and oxygen atoms in total. The van der Waals surface area contributed by atoms with E-state index < -0.39 is 56.9 Å². The topological polar surface area (TPSA) is 86.8 Å². The molecular formula is C27H25Cl3F3N3O4S. The lowest BCUT2D eigenvalue weighted by Crippen LogP contribution is -2.53. The number of rotatable bonds is 10. The van der Waals surface area contributed by atoms with Crippen molar-refractivity contribution in [3.05, 3.63) is 98.5 Å². The maximum atomic E-state index is 13.9. The van der Waals surface area contributed by atoms with Gasteiger partial charge in [-0.3, -0.25) is 13.9 Å². The number of nitrogens with zero attached hydrogens (tertiary/aromatic N) is 2. The van der Waals surface area contributed by atoms with Gasteiger partial charge in [0.05, 0.1) is 22.5 Å². The second-order valence-corrected chi connectivity index (χ2v) is 12.1. The molecule has 14 heteroatoms. The van der Waals surface area contributed by atoms with E-state index in [0.717, 1.165) is 23.3 Å². The second kappa shape index (κ2) is 13.3. The lowest BCUT2D eigenvalue weighted by Gasteiger charge is -2.33. The van der Waals surface area contributed by atoms with Crippen LogP contribution < -0.4 is 9.62 Å². The van der Waals surface area contributed by atoms with Crippen molar-refractivity contribution in [2.75, 3.05) is 24.2 Å². The highest BCUT2D eigenvalue weighted by atomic mass is 35.5. The molecule has 0 saturated heterocycles. The predicted molar refractivity (Wildman–Crippen MR) is 154 cm³/mol. The molecule has 220 valence electrons. The number of benzene rings is 3. The Balaban J connectivity index is 2.11. The van der Waals surface area contributed by atoms with Gasteiger partial charge in [-0.25, -0.2) is 8.42 Å². The smallest absolute Gasteiger partial charge is 0.357 e. The van der Waals surface area contributed by atoms with Gasteiger partial charge < -0.3 is 10.2 Å². The number of likely N-dealkylation sites (N-methyl/N-ethyl adjacent to an activating group) is 1. The SMILES string of the molecule is CNC(=O)[C@@H](Cc1ccccc1)N(Cc1c(Cl)cccc1Cl)C(=O)CN(c1ccc(Cl)c(C(F)(F)F)c1)S(C)(=O)=O. The van der Waals surface area contributed by atoms with E-state index in [1.165, 1.54) is 19.2 Å². The second-order valence-electron chi connectivity index (χ2n) is 8.97. The summed E-state index contributed by atoms with van der Waals surface area (Å²) in [5.41, 5.74) is -0.725. The molecule has 41 heavy (non-hydrogen) atoms. The van der Waals surface area contributed by atoms with Crippen molar-refractivity contribution >= 4 is 62.3 Å². The van der Waals surface area contributed by atoms with Gasteiger partial charge in [-0.2, -0.15) is 13.2 Å². The average molecular weight is 651 g/mol. The van der Waals surface area contributed by atoms with E-state index in [2.05, 4.69) is 5.32 Å². The van der Waals surface area contributed by atoms with E-state index in [-0.39, 0.29) is 23.0 Å². The summed E-state index contributed by atoms with van der Waals surface area (Å²) in [6.07, 6.45) is -4.10. The molecule has 2 amide bonds. The van der Waals surface area contributed by atoms with E-state index in [9.17, 15) is 31.2 Å². The Morgan fingerprint density at radius 3 is 2.07 bits per heavy atom. The normalized spacial score (nSPS) is 12.5. The summed E-state index contributed by atoms with van der Waals surface area (Å²) in [4.78, 5) is 28.1. The number of amides is 2. The minimum atomic E-state index is -4.88. The van der Waals surface area contributed by atoms with Crippen LogP contribution in [0.1, 0.15) is 16.7 Å². The number of anilines is 1. The zero-order chi connectivity index (χ0) is 30.5. The third kappa shape index (κ3) is 8.28. The van der Waals surface area contributed by atoms with Crippen LogP contribution in [0.2, 0.25) is 15.1 Å². The Hall–Kier alpha value is -2.99. The molecule has 0 aromatic heterocycles. The van der Waals surface area contributed by atoms with Gasteiger partial charge >= 0.3 is 6.18 Å². The van der Waals surface area contributed by atoms with E-state index >= 15 is 0 Å². The Morgan fingerprint density at radius 2 is 1.54 bits per heavy atom. The number of carbonyl (C=O) groups is 2. The number of nitrogens with one attached hydrogen (secondary N) is 1. The number of carbonyl (C=O) groups excluding carboxylic acids is 2. The molecule has 3 aromatic rings. The molecule has 0 bridgehead atoms. The maximum Gasteiger partial charge on any atom is 0.417 e. The molecule has 0 radical (unpaired) electrons. The lowest BCUT2D eigenvalue weighted by molar-refractivity contribution is -0.139. The Labute approximate surface area is 250 Å². The predicted octanol–water partition coefficient (Wildman–Crippen LogP) is 5.82. The minimum absolute atomic E-state index is 0.0341. The number of halogens is 6. The van der Waals surface area contributed by atoms with Crippen molar-refractivity contribution in [1.82, 2.24) is 10.2 Å². The number of sulfonamides is 1. The Bertz CT molecular complexity index is 1500. The monoisotopic (exact) mass is 649 g/mol. The summed E-state index contributed by atoms with van der Waals surface area (Å²) in [6, 6.07) is 14.8. The molecule has 0 spiro atoms. The van der Waals surface area contributed by atoms with E-state index in [0.29, 0.717) is 21.5 Å². The van der Waals surface area contributed by atoms with E-state index in [1.807, 2.05) is 0 Å². The Morgan fingerprint density at radius 1 is 0.927 bits per heavy atom. The summed E-state index contributed by atoms with van der Waals surface area (Å²) >= 11 is 18.4. The van der Waals surface area contributed by atoms with Crippen molar-refractivity contribution in [3.8, 4) is 0 Å². The van der Waals surface area contributed by atoms with Crippen molar-refractivity contribution in [1.29, 1.82) is 0 Å². The van der Waals surface area contributed by atoms with Crippen LogP contribution in [-0.4, -0.2) is 51.0 Å². The van der Waals surface area contributed by atoms with Crippen LogP contribution in [0.15, 0.2) is 66.7 Å². The zero-order valence-electron chi connectivity index (χ0n) is 21.8. The summed E-state index contributed by atoms with van der Waals surface area (Å²) in [7, 11) is -2.92. The highest BCUT2D eigenvalue weighted by Gasteiger charge is 2.36. The van der Waals surface area contributed by atoms with Crippen molar-refractivity contribution < 1.29 is 31.2 Å². The van der Waals surface area contributed by atoms with Gasteiger partial charge in [-0.05, 0) is 35.9 Å². The van der Waals surface area contributed by atoms with Crippen LogP contribution >= 0.6 is 34.8 Å². The minimum Gasteiger partial charge on any atom is -0.357 e. The highest BCUT2D eigenvalue weighted by molar-refractivity contribution is 7.92. The molecule has 0 aliphatic rings. The first-order chi connectivity index (χ1) is 19.1. The molecule has 0 aliphatic heterocycles. The molecular weight excluding hydrogens is 626 g/mol. The van der Waals surface area contributed by atoms with Gasteiger partial charge in [0, 0.05) is 35.6 Å². The Kier molecular flexibility index (Phi) is 10.6. The zero-order valence-corrected chi connectivity index (χ0v) is 24.8. The molecule has 0 aliphatic carbocycles. The highest BCUT2D eigenvalue weighted by Crippen LogP contribution is 2.37. The summed E-state index contributed by atoms with van der Waals surface area (Å²) in [5, 5.41) is 2.26. The van der Waals surface area contributed by atoms with E-state index in [1.54, 1.807) is 36.4 Å². The standard InChI is InChI=1S/C27H25Cl3F3N3O4S/c1-34-26(38)24(13-17-7-4-3-5-8-17)35(15-19-21(28)9-6-10-22(19)29)25(37)16-36(41(2,39)40)18-11-12-23(30)20(14-18)27(31,32)33/h3-12,14,24H,13,15-16H2,1-2H3,(H,34,38)/t24-/m1/s1. The third-order valence-electron chi connectivity index (χ3n) is 6.13. The number of alkyl halides is 3. The maximum absolute atomic E-state index is 13.9. The first-order valence-electron chi connectivity index (χ1n) is 12.0. The fourth-order valence-electron chi connectivity index (χ4n) is 4.07. The molecule has 3 rings (SSSR count). The molecule has 3 aromatic carbocycles. The number of hydrogen-bond acceptors (Lipinski definition) is 4. The molecule has 0 fully saturated rings. The van der Waals surface area contributed by atoms with Crippen LogP contribution in [-0.2, 0) is 38.8 Å². The van der Waals surface area contributed by atoms with Crippen LogP contribution in [0.25, 0.3) is 0 Å². The van der Waals surface area contributed by atoms with Crippen LogP contribution in [0.5, 0.6) is 0 Å². The molecule has 0 unspecified atom stereocenters. The summed E-state index contributed by atoms with van der Waals surface area (Å²) < 4.78 is 66.7. The lowest BCUT2D eigenvalue weighted by atomic mass is 10.0. The van der Waals surface area contributed by atoms with Gasteiger partial charge in [0.25, 0.3) is 0 Å². The first kappa shape index (κ1) is 32.5. The van der Waals surface area contributed by atoms with Gasteiger partial charge in [-0.15, -0.1) is 0 Å². The summed E-state index contributed by atoms with van der Waals surface area (Å²) in [6.45, 7) is -1.23. The molecule has 0 heterocycles. The average Bonchev–Trinajstić information content (AvgIpc) is 2.90. The van der Waals surface area contributed by atoms with Crippen LogP contribution in [0.4, 0.5) is 18.9 Å². The summed E-state index contributed by atoms with van der Waals surface area (Å²) in [5.74, 6) is -1.46. The van der Waals surface area contributed by atoms with Gasteiger partial charge in [0.15, 0.2) is 0 Å². The van der Waals surface area contributed by atoms with Gasteiger partial charge in [-0.1, -0.05) is 71.2 Å². The van der Waals surface area contributed by atoms with Crippen molar-refractivity contribution in [3.63, 3.8) is 0 Å². The van der Waals surface area contributed by atoms with Gasteiger partial charge in [0.2, 0.25) is 21.8 Å². The number of hydrogen-bond donors (Lipinski definition) is 1. The molecule has 1 atom stereocenters. The van der Waals surface area contributed by atoms with Gasteiger partial charge in [0.1, 0.15) is 12.6 Å². The van der Waals surface area contributed by atoms with Crippen LogP contribution in [0, 0.1) is 0 Å². The van der Waals surface area contributed by atoms with Crippen LogP contribution in [0.3, 0.4) is 0 Å². The molecule has 1 N–H and O–H groups in total. The first-order valence-corrected chi connectivity index (χ1v) is 14.9. The molecule has 0 saturated carbocycles.